The summed E-state index contributed by atoms with van der Waals surface area (Å²) in [4.78, 5) is 9.11. The minimum Gasteiger partial charge on any atom is -0.425 e. The van der Waals surface area contributed by atoms with Gasteiger partial charge < -0.3 is 9.32 Å². The Morgan fingerprint density at radius 1 is 1.12 bits per heavy atom. The van der Waals surface area contributed by atoms with Crippen molar-refractivity contribution in [1.29, 1.82) is 0 Å². The summed E-state index contributed by atoms with van der Waals surface area (Å²) in [6.45, 7) is 13.0. The van der Waals surface area contributed by atoms with Crippen LogP contribution in [-0.2, 0) is 0 Å². The van der Waals surface area contributed by atoms with Crippen LogP contribution in [0.15, 0.2) is 10.6 Å². The van der Waals surface area contributed by atoms with Gasteiger partial charge in [0.25, 0.3) is 0 Å². The zero-order valence-electron chi connectivity index (χ0n) is 11.3. The third-order valence-corrected chi connectivity index (χ3v) is 3.36. The van der Waals surface area contributed by atoms with Crippen LogP contribution in [0.4, 0.5) is 5.88 Å². The molecule has 1 aromatic rings. The number of nitrogens with zero attached hydrogens (tertiary/aromatic N) is 3. The number of piperazine rings is 1. The van der Waals surface area contributed by atoms with E-state index in [-0.39, 0.29) is 0 Å². The Bertz CT molecular complexity index is 351. The van der Waals surface area contributed by atoms with E-state index in [1.165, 1.54) is 0 Å². The molecule has 1 aliphatic heterocycles. The second kappa shape index (κ2) is 5.08. The smallest absolute Gasteiger partial charge is 0.216 e. The van der Waals surface area contributed by atoms with Crippen LogP contribution >= 0.6 is 0 Å². The van der Waals surface area contributed by atoms with Gasteiger partial charge in [0.15, 0.2) is 5.89 Å². The van der Waals surface area contributed by atoms with E-state index in [2.05, 4.69) is 42.5 Å². The molecule has 4 nitrogen and oxygen atoms in total. The Kier molecular flexibility index (Phi) is 3.72. The molecule has 2 rings (SSSR count). The summed E-state index contributed by atoms with van der Waals surface area (Å²) in [5.41, 5.74) is 0. The number of hydrogen-bond donors (Lipinski definition) is 0. The van der Waals surface area contributed by atoms with Gasteiger partial charge in [0.1, 0.15) is 0 Å². The van der Waals surface area contributed by atoms with Crippen LogP contribution < -0.4 is 4.90 Å². The maximum atomic E-state index is 5.78. The molecule has 17 heavy (non-hydrogen) atoms. The Morgan fingerprint density at radius 2 is 1.76 bits per heavy atom. The van der Waals surface area contributed by atoms with Crippen LogP contribution in [0.3, 0.4) is 0 Å². The number of anilines is 1. The molecule has 0 unspecified atom stereocenters. The van der Waals surface area contributed by atoms with Gasteiger partial charge in [0.2, 0.25) is 5.88 Å². The number of hydrogen-bond acceptors (Lipinski definition) is 4. The van der Waals surface area contributed by atoms with Crippen molar-refractivity contribution >= 4 is 5.88 Å². The molecule has 1 saturated heterocycles. The lowest BCUT2D eigenvalue weighted by molar-refractivity contribution is 0.206. The summed E-state index contributed by atoms with van der Waals surface area (Å²) in [6.07, 6.45) is 1.86. The van der Waals surface area contributed by atoms with E-state index in [4.69, 9.17) is 4.42 Å². The molecular formula is C13H23N3O. The third kappa shape index (κ3) is 2.80. The van der Waals surface area contributed by atoms with E-state index >= 15 is 0 Å². The maximum Gasteiger partial charge on any atom is 0.216 e. The van der Waals surface area contributed by atoms with E-state index in [9.17, 15) is 0 Å². The summed E-state index contributed by atoms with van der Waals surface area (Å²) in [5, 5.41) is 0. The maximum absolute atomic E-state index is 5.78. The molecule has 96 valence electrons. The zero-order valence-corrected chi connectivity index (χ0v) is 11.3. The van der Waals surface area contributed by atoms with Crippen molar-refractivity contribution in [2.45, 2.75) is 39.7 Å². The highest BCUT2D eigenvalue weighted by molar-refractivity contribution is 5.33. The van der Waals surface area contributed by atoms with Crippen molar-refractivity contribution in [3.63, 3.8) is 0 Å². The fourth-order valence-corrected chi connectivity index (χ4v) is 2.15. The molecule has 0 spiro atoms. The van der Waals surface area contributed by atoms with Gasteiger partial charge in [-0.3, -0.25) is 4.90 Å². The van der Waals surface area contributed by atoms with E-state index < -0.39 is 0 Å². The molecule has 0 amide bonds. The van der Waals surface area contributed by atoms with Crippen LogP contribution in [0, 0.1) is 0 Å². The quantitative estimate of drug-likeness (QED) is 0.807. The number of rotatable bonds is 3. The topological polar surface area (TPSA) is 32.5 Å². The van der Waals surface area contributed by atoms with Gasteiger partial charge in [-0.2, -0.15) is 0 Å². The standard InChI is InChI=1S/C13H23N3O/c1-10(2)13-14-9-12(17-13)16-7-5-15(6-8-16)11(3)4/h9-11H,5-8H2,1-4H3. The average molecular weight is 237 g/mol. The van der Waals surface area contributed by atoms with Gasteiger partial charge in [-0.25, -0.2) is 4.98 Å². The summed E-state index contributed by atoms with van der Waals surface area (Å²) < 4.78 is 5.78. The summed E-state index contributed by atoms with van der Waals surface area (Å²) in [5.74, 6) is 2.13. The summed E-state index contributed by atoms with van der Waals surface area (Å²) >= 11 is 0. The predicted octanol–water partition coefficient (Wildman–Crippen LogP) is 2.33. The van der Waals surface area contributed by atoms with Gasteiger partial charge in [-0.05, 0) is 13.8 Å². The van der Waals surface area contributed by atoms with Crippen molar-refractivity contribution in [2.24, 2.45) is 0 Å². The van der Waals surface area contributed by atoms with Crippen LogP contribution in [0.5, 0.6) is 0 Å². The van der Waals surface area contributed by atoms with Gasteiger partial charge in [-0.15, -0.1) is 0 Å². The minimum atomic E-state index is 0.362. The Hall–Kier alpha value is -1.03. The third-order valence-electron chi connectivity index (χ3n) is 3.36. The molecule has 0 atom stereocenters. The lowest BCUT2D eigenvalue weighted by Crippen LogP contribution is -2.48. The normalized spacial score (nSPS) is 18.4. The Morgan fingerprint density at radius 3 is 2.24 bits per heavy atom. The van der Waals surface area contributed by atoms with Crippen molar-refractivity contribution in [3.05, 3.63) is 12.1 Å². The highest BCUT2D eigenvalue weighted by Gasteiger charge is 2.21. The van der Waals surface area contributed by atoms with E-state index in [1.54, 1.807) is 0 Å². The van der Waals surface area contributed by atoms with Gasteiger partial charge >= 0.3 is 0 Å². The van der Waals surface area contributed by atoms with Crippen molar-refractivity contribution < 1.29 is 4.42 Å². The summed E-state index contributed by atoms with van der Waals surface area (Å²) in [6, 6.07) is 0.637. The SMILES string of the molecule is CC(C)c1ncc(N2CCN(C(C)C)CC2)o1. The second-order valence-electron chi connectivity index (χ2n) is 5.31. The molecule has 1 aliphatic rings. The van der Waals surface area contributed by atoms with E-state index in [1.807, 2.05) is 6.20 Å². The molecule has 2 heterocycles. The molecule has 4 heteroatoms. The molecule has 1 fully saturated rings. The highest BCUT2D eigenvalue weighted by Crippen LogP contribution is 2.22. The number of oxazole rings is 1. The molecule has 0 aliphatic carbocycles. The molecule has 1 aromatic heterocycles. The second-order valence-corrected chi connectivity index (χ2v) is 5.31. The first-order valence-electron chi connectivity index (χ1n) is 6.52. The van der Waals surface area contributed by atoms with E-state index in [0.29, 0.717) is 12.0 Å². The Labute approximate surface area is 104 Å². The average Bonchev–Trinajstić information content (AvgIpc) is 2.78. The van der Waals surface area contributed by atoms with Crippen molar-refractivity contribution in [1.82, 2.24) is 9.88 Å². The first-order valence-corrected chi connectivity index (χ1v) is 6.52. The van der Waals surface area contributed by atoms with Crippen molar-refractivity contribution in [2.75, 3.05) is 31.1 Å². The minimum absolute atomic E-state index is 0.362. The summed E-state index contributed by atoms with van der Waals surface area (Å²) in [7, 11) is 0. The first kappa shape index (κ1) is 12.4. The lowest BCUT2D eigenvalue weighted by atomic mass is 10.2. The van der Waals surface area contributed by atoms with Crippen molar-refractivity contribution in [3.8, 4) is 0 Å². The van der Waals surface area contributed by atoms with E-state index in [0.717, 1.165) is 38.0 Å². The zero-order chi connectivity index (χ0) is 12.4. The largest absolute Gasteiger partial charge is 0.425 e. The molecule has 0 N–H and O–H groups in total. The number of aromatic nitrogens is 1. The lowest BCUT2D eigenvalue weighted by Gasteiger charge is -2.36. The predicted molar refractivity (Wildman–Crippen MR) is 69.5 cm³/mol. The monoisotopic (exact) mass is 237 g/mol. The van der Waals surface area contributed by atoms with Crippen LogP contribution in [0.25, 0.3) is 0 Å². The fourth-order valence-electron chi connectivity index (χ4n) is 2.15. The van der Waals surface area contributed by atoms with Crippen LogP contribution in [0.1, 0.15) is 39.5 Å². The highest BCUT2D eigenvalue weighted by atomic mass is 16.4. The first-order chi connectivity index (χ1) is 8.08. The van der Waals surface area contributed by atoms with Gasteiger partial charge in [-0.1, -0.05) is 13.8 Å². The van der Waals surface area contributed by atoms with Crippen LogP contribution in [0.2, 0.25) is 0 Å². The molecular weight excluding hydrogens is 214 g/mol. The van der Waals surface area contributed by atoms with Gasteiger partial charge in [0.05, 0.1) is 6.20 Å². The molecule has 0 radical (unpaired) electrons. The fraction of sp³-hybridized carbons (Fsp3) is 0.769. The molecule has 0 bridgehead atoms. The molecule has 0 saturated carbocycles. The Balaban J connectivity index is 1.96. The van der Waals surface area contributed by atoms with Crippen LogP contribution in [-0.4, -0.2) is 42.1 Å². The molecule has 0 aromatic carbocycles. The van der Waals surface area contributed by atoms with Gasteiger partial charge in [0, 0.05) is 38.1 Å².